The molecule has 1 aromatic carbocycles. The lowest BCUT2D eigenvalue weighted by atomic mass is 10.1. The number of benzene rings is 1. The van der Waals surface area contributed by atoms with Crippen LogP contribution in [-0.4, -0.2) is 14.8 Å². The summed E-state index contributed by atoms with van der Waals surface area (Å²) in [6.45, 7) is 1.80. The summed E-state index contributed by atoms with van der Waals surface area (Å²) in [5.41, 5.74) is 1.36. The van der Waals surface area contributed by atoms with Gasteiger partial charge in [-0.2, -0.15) is 18.3 Å². The van der Waals surface area contributed by atoms with Gasteiger partial charge >= 0.3 is 6.18 Å². The van der Waals surface area contributed by atoms with Gasteiger partial charge in [-0.25, -0.2) is 9.67 Å². The molecule has 0 N–H and O–H groups in total. The van der Waals surface area contributed by atoms with Crippen molar-refractivity contribution in [2.45, 2.75) is 38.3 Å². The molecule has 0 amide bonds. The number of rotatable bonds is 3. The van der Waals surface area contributed by atoms with Crippen LogP contribution in [0, 0.1) is 0 Å². The minimum Gasteiger partial charge on any atom is -0.233 e. The summed E-state index contributed by atoms with van der Waals surface area (Å²) in [6, 6.07) is 10.4. The van der Waals surface area contributed by atoms with Crippen molar-refractivity contribution in [2.75, 3.05) is 0 Å². The lowest BCUT2D eigenvalue weighted by Gasteiger charge is -2.11. The number of fused-ring (bicyclic) bond motifs is 1. The van der Waals surface area contributed by atoms with Crippen LogP contribution in [-0.2, 0) is 12.6 Å². The smallest absolute Gasteiger partial charge is 0.233 e. The second-order valence-corrected chi connectivity index (χ2v) is 6.12. The van der Waals surface area contributed by atoms with Gasteiger partial charge in [-0.1, -0.05) is 25.1 Å². The van der Waals surface area contributed by atoms with Gasteiger partial charge in [-0.3, -0.25) is 0 Å². The van der Waals surface area contributed by atoms with E-state index < -0.39 is 11.7 Å². The molecule has 0 spiro atoms. The normalized spacial score (nSPS) is 15.2. The molecule has 1 aliphatic carbocycles. The molecule has 0 bridgehead atoms. The molecule has 2 heterocycles. The highest BCUT2D eigenvalue weighted by atomic mass is 19.4. The summed E-state index contributed by atoms with van der Waals surface area (Å²) in [5.74, 6) is 0.104. The molecular weight excluding hydrogens is 315 g/mol. The molecule has 1 saturated carbocycles. The van der Waals surface area contributed by atoms with E-state index in [4.69, 9.17) is 0 Å². The first-order valence-electron chi connectivity index (χ1n) is 8.04. The SMILES string of the molecule is CCc1cc(C(F)(F)F)c2c(C3CC3)nn(-c3ccccc3)c2n1. The molecule has 24 heavy (non-hydrogen) atoms. The standard InChI is InChI=1S/C18H16F3N3/c1-2-12-10-14(18(19,20)21)15-16(11-8-9-11)23-24(17(15)22-12)13-6-4-3-5-7-13/h3-7,10-11H,2,8-9H2,1H3. The summed E-state index contributed by atoms with van der Waals surface area (Å²) < 4.78 is 42.5. The molecule has 0 atom stereocenters. The molecule has 124 valence electrons. The highest BCUT2D eigenvalue weighted by Crippen LogP contribution is 2.46. The van der Waals surface area contributed by atoms with E-state index >= 15 is 0 Å². The Labute approximate surface area is 137 Å². The number of para-hydroxylation sites is 1. The molecule has 0 radical (unpaired) electrons. The number of pyridine rings is 1. The van der Waals surface area contributed by atoms with Crippen LogP contribution in [0.1, 0.15) is 42.6 Å². The molecular formula is C18H16F3N3. The Balaban J connectivity index is 2.08. The molecule has 1 aliphatic rings. The monoisotopic (exact) mass is 331 g/mol. The van der Waals surface area contributed by atoms with Crippen LogP contribution in [0.15, 0.2) is 36.4 Å². The maximum atomic E-state index is 13.6. The minimum absolute atomic E-state index is 0.104. The van der Waals surface area contributed by atoms with E-state index in [0.29, 0.717) is 23.5 Å². The lowest BCUT2D eigenvalue weighted by molar-refractivity contribution is -0.136. The Kier molecular flexibility index (Phi) is 3.37. The molecule has 0 saturated heterocycles. The molecule has 3 nitrogen and oxygen atoms in total. The van der Waals surface area contributed by atoms with Crippen molar-refractivity contribution in [3.05, 3.63) is 53.3 Å². The number of aryl methyl sites for hydroxylation is 1. The summed E-state index contributed by atoms with van der Waals surface area (Å²) in [7, 11) is 0. The summed E-state index contributed by atoms with van der Waals surface area (Å²) in [6.07, 6.45) is -2.21. The third kappa shape index (κ3) is 2.46. The topological polar surface area (TPSA) is 30.7 Å². The third-order valence-electron chi connectivity index (χ3n) is 4.35. The molecule has 1 fully saturated rings. The van der Waals surface area contributed by atoms with E-state index in [1.165, 1.54) is 6.07 Å². The summed E-state index contributed by atoms with van der Waals surface area (Å²) in [5, 5.41) is 4.68. The second-order valence-electron chi connectivity index (χ2n) is 6.12. The van der Waals surface area contributed by atoms with Crippen molar-refractivity contribution in [2.24, 2.45) is 0 Å². The number of halogens is 3. The van der Waals surface area contributed by atoms with Gasteiger partial charge in [0.1, 0.15) is 0 Å². The molecule has 0 aliphatic heterocycles. The number of alkyl halides is 3. The van der Waals surface area contributed by atoms with Crippen molar-refractivity contribution in [1.29, 1.82) is 0 Å². The first-order chi connectivity index (χ1) is 11.5. The van der Waals surface area contributed by atoms with E-state index in [0.717, 1.165) is 18.5 Å². The van der Waals surface area contributed by atoms with Crippen LogP contribution >= 0.6 is 0 Å². The zero-order valence-electron chi connectivity index (χ0n) is 13.1. The van der Waals surface area contributed by atoms with Gasteiger partial charge in [0, 0.05) is 11.6 Å². The first kappa shape index (κ1) is 15.2. The van der Waals surface area contributed by atoms with E-state index in [-0.39, 0.29) is 11.3 Å². The van der Waals surface area contributed by atoms with Crippen molar-refractivity contribution < 1.29 is 13.2 Å². The first-order valence-corrected chi connectivity index (χ1v) is 8.04. The highest BCUT2D eigenvalue weighted by Gasteiger charge is 2.39. The fourth-order valence-corrected chi connectivity index (χ4v) is 2.99. The van der Waals surface area contributed by atoms with Crippen LogP contribution in [0.4, 0.5) is 13.2 Å². The van der Waals surface area contributed by atoms with Gasteiger partial charge in [-0.15, -0.1) is 0 Å². The Morgan fingerprint density at radius 2 is 1.88 bits per heavy atom. The number of hydrogen-bond donors (Lipinski definition) is 0. The van der Waals surface area contributed by atoms with Crippen molar-refractivity contribution in [3.63, 3.8) is 0 Å². The largest absolute Gasteiger partial charge is 0.417 e. The van der Waals surface area contributed by atoms with Crippen molar-refractivity contribution in [3.8, 4) is 5.69 Å². The predicted molar refractivity (Wildman–Crippen MR) is 85.2 cm³/mol. The molecule has 2 aromatic heterocycles. The van der Waals surface area contributed by atoms with Crippen LogP contribution in [0.2, 0.25) is 0 Å². The van der Waals surface area contributed by atoms with Crippen LogP contribution in [0.25, 0.3) is 16.7 Å². The maximum Gasteiger partial charge on any atom is 0.417 e. The Bertz CT molecular complexity index is 893. The fourth-order valence-electron chi connectivity index (χ4n) is 2.99. The summed E-state index contributed by atoms with van der Waals surface area (Å²) >= 11 is 0. The van der Waals surface area contributed by atoms with Gasteiger partial charge in [0.2, 0.25) is 0 Å². The third-order valence-corrected chi connectivity index (χ3v) is 4.35. The predicted octanol–water partition coefficient (Wildman–Crippen LogP) is 4.88. The van der Waals surface area contributed by atoms with Crippen LogP contribution < -0.4 is 0 Å². The van der Waals surface area contributed by atoms with Crippen molar-refractivity contribution >= 4 is 11.0 Å². The maximum absolute atomic E-state index is 13.6. The van der Waals surface area contributed by atoms with Crippen LogP contribution in [0.3, 0.4) is 0 Å². The minimum atomic E-state index is -4.42. The van der Waals surface area contributed by atoms with Gasteiger partial charge in [0.25, 0.3) is 0 Å². The van der Waals surface area contributed by atoms with Crippen LogP contribution in [0.5, 0.6) is 0 Å². The molecule has 6 heteroatoms. The van der Waals surface area contributed by atoms with Gasteiger partial charge in [0.15, 0.2) is 5.65 Å². The summed E-state index contributed by atoms with van der Waals surface area (Å²) in [4.78, 5) is 4.48. The van der Waals surface area contributed by atoms with Gasteiger partial charge in [-0.05, 0) is 37.5 Å². The molecule has 0 unspecified atom stereocenters. The molecule has 4 rings (SSSR count). The molecule has 3 aromatic rings. The lowest BCUT2D eigenvalue weighted by Crippen LogP contribution is -2.09. The Morgan fingerprint density at radius 1 is 1.17 bits per heavy atom. The average molecular weight is 331 g/mol. The zero-order chi connectivity index (χ0) is 16.9. The van der Waals surface area contributed by atoms with E-state index in [1.54, 1.807) is 11.6 Å². The van der Waals surface area contributed by atoms with Gasteiger partial charge in [0.05, 0.1) is 22.3 Å². The van der Waals surface area contributed by atoms with E-state index in [9.17, 15) is 13.2 Å². The number of aromatic nitrogens is 3. The fraction of sp³-hybridized carbons (Fsp3) is 0.333. The van der Waals surface area contributed by atoms with E-state index in [2.05, 4.69) is 10.1 Å². The quantitative estimate of drug-likeness (QED) is 0.685. The Hall–Kier alpha value is -2.37. The number of hydrogen-bond acceptors (Lipinski definition) is 2. The van der Waals surface area contributed by atoms with Gasteiger partial charge < -0.3 is 0 Å². The van der Waals surface area contributed by atoms with E-state index in [1.807, 2.05) is 30.3 Å². The Morgan fingerprint density at radius 3 is 2.46 bits per heavy atom. The average Bonchev–Trinajstić information content (AvgIpc) is 3.34. The highest BCUT2D eigenvalue weighted by molar-refractivity contribution is 5.85. The number of nitrogens with zero attached hydrogens (tertiary/aromatic N) is 3. The van der Waals surface area contributed by atoms with Crippen molar-refractivity contribution in [1.82, 2.24) is 14.8 Å². The second kappa shape index (κ2) is 5.33. The zero-order valence-corrected chi connectivity index (χ0v) is 13.1.